The molecule has 2 rings (SSSR count). The van der Waals surface area contributed by atoms with Gasteiger partial charge in [0.1, 0.15) is 0 Å². The first kappa shape index (κ1) is 15.4. The number of aromatic carboxylic acids is 1. The summed E-state index contributed by atoms with van der Waals surface area (Å²) in [6.07, 6.45) is 0. The zero-order valence-electron chi connectivity index (χ0n) is 11.1. The lowest BCUT2D eigenvalue weighted by molar-refractivity contribution is -0.255. The summed E-state index contributed by atoms with van der Waals surface area (Å²) in [5.74, 6) is -1.21. The van der Waals surface area contributed by atoms with Crippen LogP contribution in [0.5, 0.6) is 0 Å². The molecule has 2 aromatic carbocycles. The maximum atomic E-state index is 10.6. The third-order valence-electron chi connectivity index (χ3n) is 2.79. The number of anilines is 1. The van der Waals surface area contributed by atoms with E-state index in [-0.39, 0.29) is 5.56 Å². The van der Waals surface area contributed by atoms with Crippen LogP contribution >= 0.6 is 23.2 Å². The smallest absolute Gasteiger partial charge is 0.0715 e. The SMILES string of the molecule is C/C(=N/Nc1ccc(C(=O)[O-])cc1)c1ccc(Cl)cc1Cl. The second-order valence-electron chi connectivity index (χ2n) is 4.30. The van der Waals surface area contributed by atoms with E-state index < -0.39 is 5.97 Å². The van der Waals surface area contributed by atoms with Crippen molar-refractivity contribution in [1.29, 1.82) is 0 Å². The summed E-state index contributed by atoms with van der Waals surface area (Å²) in [6.45, 7) is 1.80. The monoisotopic (exact) mass is 321 g/mol. The molecule has 21 heavy (non-hydrogen) atoms. The highest BCUT2D eigenvalue weighted by molar-refractivity contribution is 6.37. The van der Waals surface area contributed by atoms with Crippen molar-refractivity contribution in [2.24, 2.45) is 5.10 Å². The normalized spacial score (nSPS) is 11.3. The highest BCUT2D eigenvalue weighted by Crippen LogP contribution is 2.21. The van der Waals surface area contributed by atoms with Gasteiger partial charge in [0, 0.05) is 10.6 Å². The maximum absolute atomic E-state index is 10.6. The fraction of sp³-hybridized carbons (Fsp3) is 0.0667. The minimum absolute atomic E-state index is 0.113. The number of carbonyl (C=O) groups is 1. The number of carbonyl (C=O) groups excluding carboxylic acids is 1. The number of nitrogens with one attached hydrogen (secondary N) is 1. The van der Waals surface area contributed by atoms with E-state index in [0.717, 1.165) is 5.56 Å². The Balaban J connectivity index is 2.14. The Morgan fingerprint density at radius 1 is 1.14 bits per heavy atom. The van der Waals surface area contributed by atoms with Crippen molar-refractivity contribution in [3.05, 3.63) is 63.6 Å². The van der Waals surface area contributed by atoms with Crippen molar-refractivity contribution in [3.8, 4) is 0 Å². The molecule has 6 heteroatoms. The van der Waals surface area contributed by atoms with E-state index in [9.17, 15) is 9.90 Å². The molecule has 0 aliphatic heterocycles. The summed E-state index contributed by atoms with van der Waals surface area (Å²) in [4.78, 5) is 10.6. The molecule has 0 heterocycles. The van der Waals surface area contributed by atoms with Crippen LogP contribution in [-0.4, -0.2) is 11.7 Å². The summed E-state index contributed by atoms with van der Waals surface area (Å²) < 4.78 is 0. The molecule has 0 unspecified atom stereocenters. The standard InChI is InChI=1S/C15H12Cl2N2O2/c1-9(13-7-4-11(16)8-14(13)17)18-19-12-5-2-10(3-6-12)15(20)21/h2-8,19H,1H3,(H,20,21)/p-1/b18-9-. The fourth-order valence-corrected chi connectivity index (χ4v) is 2.22. The number of halogens is 2. The minimum atomic E-state index is -1.21. The molecule has 0 atom stereocenters. The summed E-state index contributed by atoms with van der Waals surface area (Å²) >= 11 is 11.9. The molecule has 0 fully saturated rings. The van der Waals surface area contributed by atoms with Crippen LogP contribution in [0, 0.1) is 0 Å². The number of hydrogen-bond donors (Lipinski definition) is 1. The van der Waals surface area contributed by atoms with Crippen LogP contribution in [0.15, 0.2) is 47.6 Å². The van der Waals surface area contributed by atoms with Crippen molar-refractivity contribution in [1.82, 2.24) is 0 Å². The molecule has 1 N–H and O–H groups in total. The number of carboxylic acid groups (broad SMARTS) is 1. The van der Waals surface area contributed by atoms with E-state index in [0.29, 0.717) is 21.4 Å². The summed E-state index contributed by atoms with van der Waals surface area (Å²) in [5.41, 5.74) is 5.05. The predicted octanol–water partition coefficient (Wildman–Crippen LogP) is 3.19. The quantitative estimate of drug-likeness (QED) is 0.694. The van der Waals surface area contributed by atoms with E-state index >= 15 is 0 Å². The van der Waals surface area contributed by atoms with Gasteiger partial charge in [-0.25, -0.2) is 0 Å². The maximum Gasteiger partial charge on any atom is 0.0715 e. The number of hydrogen-bond acceptors (Lipinski definition) is 4. The van der Waals surface area contributed by atoms with Crippen LogP contribution in [-0.2, 0) is 0 Å². The van der Waals surface area contributed by atoms with E-state index in [1.165, 1.54) is 12.1 Å². The van der Waals surface area contributed by atoms with Crippen LogP contribution in [0.3, 0.4) is 0 Å². The van der Waals surface area contributed by atoms with Crippen molar-refractivity contribution in [2.75, 3.05) is 5.43 Å². The molecule has 0 aromatic heterocycles. The first-order chi connectivity index (χ1) is 9.97. The number of carboxylic acids is 1. The number of rotatable bonds is 4. The zero-order chi connectivity index (χ0) is 15.4. The van der Waals surface area contributed by atoms with Gasteiger partial charge in [0.05, 0.1) is 22.4 Å². The number of hydrazone groups is 1. The summed E-state index contributed by atoms with van der Waals surface area (Å²) in [5, 5.41) is 15.9. The van der Waals surface area contributed by atoms with E-state index in [1.807, 2.05) is 0 Å². The first-order valence-electron chi connectivity index (χ1n) is 6.04. The molecule has 0 spiro atoms. The Kier molecular flexibility index (Phi) is 4.83. The Labute approximate surface area is 132 Å². The molecule has 4 nitrogen and oxygen atoms in total. The first-order valence-corrected chi connectivity index (χ1v) is 6.80. The molecule has 0 saturated carbocycles. The van der Waals surface area contributed by atoms with Crippen molar-refractivity contribution in [3.63, 3.8) is 0 Å². The Hall–Kier alpha value is -2.04. The lowest BCUT2D eigenvalue weighted by Gasteiger charge is -2.07. The number of nitrogens with zero attached hydrogens (tertiary/aromatic N) is 1. The van der Waals surface area contributed by atoms with Crippen LogP contribution < -0.4 is 10.5 Å². The molecule has 2 aromatic rings. The molecule has 0 radical (unpaired) electrons. The van der Waals surface area contributed by atoms with Crippen molar-refractivity contribution >= 4 is 40.6 Å². The Bertz CT molecular complexity index is 697. The summed E-state index contributed by atoms with van der Waals surface area (Å²) in [7, 11) is 0. The van der Waals surface area contributed by atoms with Crippen LogP contribution in [0.2, 0.25) is 10.0 Å². The van der Waals surface area contributed by atoms with E-state index in [1.54, 1.807) is 37.3 Å². The topological polar surface area (TPSA) is 64.5 Å². The van der Waals surface area contributed by atoms with E-state index in [4.69, 9.17) is 23.2 Å². The Morgan fingerprint density at radius 3 is 2.38 bits per heavy atom. The third kappa shape index (κ3) is 3.97. The molecular weight excluding hydrogens is 311 g/mol. The molecule has 0 amide bonds. The molecule has 0 saturated heterocycles. The highest BCUT2D eigenvalue weighted by Gasteiger charge is 2.04. The predicted molar refractivity (Wildman–Crippen MR) is 83.1 cm³/mol. The lowest BCUT2D eigenvalue weighted by atomic mass is 10.1. The third-order valence-corrected chi connectivity index (χ3v) is 3.34. The van der Waals surface area contributed by atoms with Gasteiger partial charge in [-0.05, 0) is 36.8 Å². The Morgan fingerprint density at radius 2 is 1.81 bits per heavy atom. The molecule has 0 aliphatic rings. The average molecular weight is 322 g/mol. The van der Waals surface area contributed by atoms with Gasteiger partial charge in [-0.1, -0.05) is 41.4 Å². The number of benzene rings is 2. The van der Waals surface area contributed by atoms with E-state index in [2.05, 4.69) is 10.5 Å². The van der Waals surface area contributed by atoms with Crippen molar-refractivity contribution in [2.45, 2.75) is 6.92 Å². The van der Waals surface area contributed by atoms with Gasteiger partial charge in [0.2, 0.25) is 0 Å². The second kappa shape index (κ2) is 6.61. The van der Waals surface area contributed by atoms with Crippen LogP contribution in [0.4, 0.5) is 5.69 Å². The fourth-order valence-electron chi connectivity index (χ4n) is 1.67. The van der Waals surface area contributed by atoms with Gasteiger partial charge in [0.15, 0.2) is 0 Å². The molecule has 0 bridgehead atoms. The highest BCUT2D eigenvalue weighted by atomic mass is 35.5. The molecule has 108 valence electrons. The van der Waals surface area contributed by atoms with Gasteiger partial charge in [-0.15, -0.1) is 0 Å². The molecular formula is C15H11Cl2N2O2-. The van der Waals surface area contributed by atoms with Crippen LogP contribution in [0.1, 0.15) is 22.8 Å². The average Bonchev–Trinajstić information content (AvgIpc) is 2.45. The molecule has 0 aliphatic carbocycles. The van der Waals surface area contributed by atoms with Gasteiger partial charge < -0.3 is 9.90 Å². The van der Waals surface area contributed by atoms with Crippen LogP contribution in [0.25, 0.3) is 0 Å². The van der Waals surface area contributed by atoms with Gasteiger partial charge in [-0.2, -0.15) is 5.10 Å². The second-order valence-corrected chi connectivity index (χ2v) is 5.14. The summed E-state index contributed by atoms with van der Waals surface area (Å²) in [6, 6.07) is 11.2. The van der Waals surface area contributed by atoms with Crippen molar-refractivity contribution < 1.29 is 9.90 Å². The lowest BCUT2D eigenvalue weighted by Crippen LogP contribution is -2.21. The van der Waals surface area contributed by atoms with Gasteiger partial charge >= 0.3 is 0 Å². The largest absolute Gasteiger partial charge is 0.545 e. The van der Waals surface area contributed by atoms with Gasteiger partial charge in [-0.3, -0.25) is 5.43 Å². The minimum Gasteiger partial charge on any atom is -0.545 e. The van der Waals surface area contributed by atoms with Gasteiger partial charge in [0.25, 0.3) is 0 Å². The zero-order valence-corrected chi connectivity index (χ0v) is 12.6.